The fourth-order valence-corrected chi connectivity index (χ4v) is 7.47. The Kier molecular flexibility index (Phi) is 17.0. The Morgan fingerprint density at radius 3 is 1.75 bits per heavy atom. The number of allylic oxidation sites excluding steroid dienone is 4. The average Bonchev–Trinajstić information content (AvgIpc) is 3.45. The molecule has 0 saturated carbocycles. The van der Waals surface area contributed by atoms with Crippen LogP contribution < -0.4 is 10.6 Å². The zero-order chi connectivity index (χ0) is 44.3. The standard InChI is InChI=1S/C21H26ClNO.C14H12O3.2C10H9N/c1-21(17-7-4-3-5-8-17,18-10-12-19(22)13-11-18)24-16-14-20-9-6-15-23(20)2;15-12-5-3-10(4-6-12)1-2-11-7-13(16)9-14(17)8-11;2*1-2-7-10-9(5-1)6-3-4-8-11-10/h3-5,7-8,10-13,20H,6,9,14-16H2,1-2H3;1-9,15-17H;2*1-8,11H/b;2-1+;;/t20-,21-;;;/m1.../s1. The van der Waals surface area contributed by atoms with E-state index in [2.05, 4.69) is 102 Å². The number of nitrogens with zero attached hydrogens (tertiary/aromatic N) is 1. The van der Waals surface area contributed by atoms with Gasteiger partial charge in [0, 0.05) is 47.5 Å². The van der Waals surface area contributed by atoms with Gasteiger partial charge in [0.05, 0.1) is 0 Å². The van der Waals surface area contributed by atoms with Crippen molar-refractivity contribution in [1.82, 2.24) is 4.90 Å². The van der Waals surface area contributed by atoms with Gasteiger partial charge in [-0.05, 0) is 134 Å². The van der Waals surface area contributed by atoms with Crippen LogP contribution in [-0.4, -0.2) is 46.5 Å². The third-order valence-corrected chi connectivity index (χ3v) is 11.1. The van der Waals surface area contributed by atoms with Crippen LogP contribution in [0.4, 0.5) is 11.4 Å². The van der Waals surface area contributed by atoms with Crippen molar-refractivity contribution < 1.29 is 20.1 Å². The number of hydrogen-bond donors (Lipinski definition) is 5. The number of phenols is 3. The monoisotopic (exact) mass is 857 g/mol. The summed E-state index contributed by atoms with van der Waals surface area (Å²) in [4.78, 5) is 2.45. The van der Waals surface area contributed by atoms with Gasteiger partial charge in [0.2, 0.25) is 0 Å². The molecule has 1 fully saturated rings. The first-order valence-corrected chi connectivity index (χ1v) is 21.6. The van der Waals surface area contributed by atoms with E-state index in [-0.39, 0.29) is 17.2 Å². The Balaban J connectivity index is 0.000000148. The summed E-state index contributed by atoms with van der Waals surface area (Å²) in [6.07, 6.45) is 23.3. The van der Waals surface area contributed by atoms with E-state index >= 15 is 0 Å². The number of para-hydroxylation sites is 2. The second-order valence-electron chi connectivity index (χ2n) is 15.4. The van der Waals surface area contributed by atoms with Crippen molar-refractivity contribution in [1.29, 1.82) is 0 Å². The topological polar surface area (TPSA) is 97.2 Å². The number of hydrogen-bond acceptors (Lipinski definition) is 7. The number of likely N-dealkylation sites (tertiary alicyclic amines) is 1. The quantitative estimate of drug-likeness (QED) is 0.0973. The number of ether oxygens (including phenoxy) is 1. The minimum atomic E-state index is -0.455. The largest absolute Gasteiger partial charge is 0.508 e. The average molecular weight is 859 g/mol. The van der Waals surface area contributed by atoms with Crippen molar-refractivity contribution in [2.75, 3.05) is 30.8 Å². The highest BCUT2D eigenvalue weighted by molar-refractivity contribution is 6.30. The highest BCUT2D eigenvalue weighted by atomic mass is 35.5. The van der Waals surface area contributed by atoms with Gasteiger partial charge in [0.1, 0.15) is 22.8 Å². The molecule has 3 heterocycles. The number of nitrogens with one attached hydrogen (secondary N) is 2. The van der Waals surface area contributed by atoms with E-state index in [9.17, 15) is 10.2 Å². The van der Waals surface area contributed by atoms with Gasteiger partial charge in [-0.15, -0.1) is 0 Å². The molecule has 0 aliphatic carbocycles. The lowest BCUT2D eigenvalue weighted by Crippen LogP contribution is -2.31. The summed E-state index contributed by atoms with van der Waals surface area (Å²) in [6, 6.07) is 46.7. The number of anilines is 2. The van der Waals surface area contributed by atoms with Gasteiger partial charge in [-0.1, -0.05) is 139 Å². The first-order chi connectivity index (χ1) is 30.7. The third kappa shape index (κ3) is 14.1. The second kappa shape index (κ2) is 23.4. The van der Waals surface area contributed by atoms with Crippen LogP contribution in [0.15, 0.2) is 182 Å². The van der Waals surface area contributed by atoms with Crippen LogP contribution in [0.5, 0.6) is 17.2 Å². The molecule has 0 bridgehead atoms. The molecule has 3 aliphatic rings. The summed E-state index contributed by atoms with van der Waals surface area (Å²) >= 11 is 6.07. The number of benzene rings is 6. The number of halogens is 1. The van der Waals surface area contributed by atoms with Crippen LogP contribution in [0.2, 0.25) is 5.02 Å². The smallest absolute Gasteiger partial charge is 0.119 e. The molecule has 63 heavy (non-hydrogen) atoms. The maximum Gasteiger partial charge on any atom is 0.119 e. The van der Waals surface area contributed by atoms with Gasteiger partial charge >= 0.3 is 0 Å². The van der Waals surface area contributed by atoms with Crippen molar-refractivity contribution >= 4 is 47.3 Å². The number of phenolic OH excluding ortho intramolecular Hbond substituents is 3. The molecule has 322 valence electrons. The summed E-state index contributed by atoms with van der Waals surface area (Å²) in [6.45, 7) is 4.12. The predicted molar refractivity (Wildman–Crippen MR) is 264 cm³/mol. The van der Waals surface area contributed by atoms with Crippen molar-refractivity contribution in [3.63, 3.8) is 0 Å². The highest BCUT2D eigenvalue weighted by Gasteiger charge is 2.31. The molecule has 6 aromatic rings. The first-order valence-electron chi connectivity index (χ1n) is 21.2. The third-order valence-electron chi connectivity index (χ3n) is 10.9. The molecule has 0 spiro atoms. The van der Waals surface area contributed by atoms with Crippen molar-refractivity contribution in [3.8, 4) is 17.2 Å². The van der Waals surface area contributed by atoms with E-state index in [1.165, 1.54) is 42.1 Å². The molecular weight excluding hydrogens is 802 g/mol. The van der Waals surface area contributed by atoms with Crippen molar-refractivity contribution in [3.05, 3.63) is 221 Å². The second-order valence-corrected chi connectivity index (χ2v) is 15.9. The Hall–Kier alpha value is -6.77. The van der Waals surface area contributed by atoms with Gasteiger partial charge in [0.25, 0.3) is 0 Å². The minimum Gasteiger partial charge on any atom is -0.508 e. The lowest BCUT2D eigenvalue weighted by molar-refractivity contribution is -0.0117. The summed E-state index contributed by atoms with van der Waals surface area (Å²) in [5.41, 5.74) is 8.28. The van der Waals surface area contributed by atoms with E-state index in [0.717, 1.165) is 40.6 Å². The fraction of sp³-hybridized carbons (Fsp3) is 0.164. The SMILES string of the molecule is C1=CNc2ccccc2C=C1.C1=CNc2ccccc2C=C1.CN1CCC[C@@H]1CCO[C@](C)(c1ccccc1)c1ccc(Cl)cc1.Oc1ccc(/C=C/c2cc(O)cc(O)c2)cc1. The fourth-order valence-electron chi connectivity index (χ4n) is 7.35. The lowest BCUT2D eigenvalue weighted by Gasteiger charge is -2.32. The molecule has 0 unspecified atom stereocenters. The van der Waals surface area contributed by atoms with Crippen LogP contribution in [0, 0.1) is 0 Å². The number of fused-ring (bicyclic) bond motifs is 2. The Morgan fingerprint density at radius 1 is 0.635 bits per heavy atom. The van der Waals surface area contributed by atoms with E-state index in [4.69, 9.17) is 21.4 Å². The van der Waals surface area contributed by atoms with Crippen LogP contribution in [0.1, 0.15) is 59.6 Å². The van der Waals surface area contributed by atoms with Crippen LogP contribution >= 0.6 is 11.6 Å². The molecule has 6 aromatic carbocycles. The molecule has 0 radical (unpaired) electrons. The van der Waals surface area contributed by atoms with Crippen molar-refractivity contribution in [2.24, 2.45) is 0 Å². The molecule has 2 atom stereocenters. The van der Waals surface area contributed by atoms with E-state index < -0.39 is 5.60 Å². The van der Waals surface area contributed by atoms with Crippen LogP contribution in [0.25, 0.3) is 24.3 Å². The van der Waals surface area contributed by atoms with Crippen LogP contribution in [-0.2, 0) is 10.3 Å². The van der Waals surface area contributed by atoms with E-state index in [1.807, 2.05) is 85.2 Å². The summed E-state index contributed by atoms with van der Waals surface area (Å²) < 4.78 is 6.48. The molecule has 7 nitrogen and oxygen atoms in total. The Morgan fingerprint density at radius 2 is 1.17 bits per heavy atom. The molecule has 8 heteroatoms. The molecule has 3 aliphatic heterocycles. The maximum atomic E-state index is 9.30. The molecular formula is C55H56ClN3O4. The molecule has 0 aromatic heterocycles. The summed E-state index contributed by atoms with van der Waals surface area (Å²) in [5.74, 6) is 0.267. The van der Waals surface area contributed by atoms with Gasteiger partial charge < -0.3 is 35.6 Å². The number of rotatable bonds is 8. The summed E-state index contributed by atoms with van der Waals surface area (Å²) in [7, 11) is 2.22. The predicted octanol–water partition coefficient (Wildman–Crippen LogP) is 13.4. The zero-order valence-electron chi connectivity index (χ0n) is 35.8. The molecule has 5 N–H and O–H groups in total. The normalized spacial score (nSPS) is 15.6. The maximum absolute atomic E-state index is 9.30. The number of aromatic hydroxyl groups is 3. The van der Waals surface area contributed by atoms with Gasteiger partial charge in [-0.2, -0.15) is 0 Å². The highest BCUT2D eigenvalue weighted by Crippen LogP contribution is 2.35. The Labute approximate surface area is 377 Å². The van der Waals surface area contributed by atoms with Crippen LogP contribution in [0.3, 0.4) is 0 Å². The first kappa shape index (κ1) is 45.7. The van der Waals surface area contributed by atoms with E-state index in [0.29, 0.717) is 11.6 Å². The molecule has 9 rings (SSSR count). The van der Waals surface area contributed by atoms with Gasteiger partial charge in [0.15, 0.2) is 0 Å². The lowest BCUT2D eigenvalue weighted by atomic mass is 9.88. The molecule has 0 amide bonds. The Bertz CT molecular complexity index is 2410. The minimum absolute atomic E-state index is 0.0235. The van der Waals surface area contributed by atoms with Crippen molar-refractivity contribution in [2.45, 2.75) is 37.8 Å². The van der Waals surface area contributed by atoms with E-state index in [1.54, 1.807) is 42.5 Å². The van der Waals surface area contributed by atoms with Gasteiger partial charge in [-0.25, -0.2) is 0 Å². The zero-order valence-corrected chi connectivity index (χ0v) is 36.6. The van der Waals surface area contributed by atoms with Gasteiger partial charge in [-0.3, -0.25) is 0 Å². The molecule has 1 saturated heterocycles. The summed E-state index contributed by atoms with van der Waals surface area (Å²) in [5, 5.41) is 34.8.